The van der Waals surface area contributed by atoms with Gasteiger partial charge in [-0.15, -0.1) is 10.2 Å². The molecule has 3 aromatic rings. The molecule has 0 atom stereocenters. The van der Waals surface area contributed by atoms with Crippen molar-refractivity contribution in [1.82, 2.24) is 14.6 Å². The van der Waals surface area contributed by atoms with Crippen LogP contribution in [0.2, 0.25) is 0 Å². The van der Waals surface area contributed by atoms with Crippen molar-refractivity contribution in [2.75, 3.05) is 7.11 Å². The number of hydrogen-bond acceptors (Lipinski definition) is 4. The van der Waals surface area contributed by atoms with Crippen LogP contribution in [0.1, 0.15) is 4.88 Å². The Balaban J connectivity index is 2.09. The molecule has 3 rings (SSSR count). The van der Waals surface area contributed by atoms with E-state index in [9.17, 15) is 0 Å². The molecule has 2 aromatic heterocycles. The van der Waals surface area contributed by atoms with Gasteiger partial charge in [0.2, 0.25) is 4.96 Å². The molecule has 0 aliphatic carbocycles. The molecule has 2 heterocycles. The summed E-state index contributed by atoms with van der Waals surface area (Å²) in [6.07, 6.45) is 2.06. The molecular formula is C12H10BrN3OS. The predicted octanol–water partition coefficient (Wildman–Crippen LogP) is 3.36. The summed E-state index contributed by atoms with van der Waals surface area (Å²) in [6, 6.07) is 7.82. The van der Waals surface area contributed by atoms with E-state index in [0.717, 1.165) is 27.4 Å². The van der Waals surface area contributed by atoms with Gasteiger partial charge >= 0.3 is 0 Å². The van der Waals surface area contributed by atoms with Crippen LogP contribution in [0.15, 0.2) is 30.5 Å². The third-order valence-corrected chi connectivity index (χ3v) is 4.59. The van der Waals surface area contributed by atoms with Gasteiger partial charge in [0.25, 0.3) is 0 Å². The molecule has 6 heteroatoms. The number of hydrogen-bond donors (Lipinski definition) is 0. The molecule has 92 valence electrons. The summed E-state index contributed by atoms with van der Waals surface area (Å²) in [6.45, 7) is 0. The summed E-state index contributed by atoms with van der Waals surface area (Å²) in [5.41, 5.74) is 1.03. The first kappa shape index (κ1) is 11.7. The number of thiazole rings is 1. The number of aromatic nitrogens is 3. The van der Waals surface area contributed by atoms with Crippen LogP contribution in [0.5, 0.6) is 5.75 Å². The molecule has 0 amide bonds. The van der Waals surface area contributed by atoms with E-state index in [2.05, 4.69) is 32.3 Å². The van der Waals surface area contributed by atoms with Gasteiger partial charge in [0.1, 0.15) is 5.75 Å². The highest BCUT2D eigenvalue weighted by atomic mass is 79.9. The van der Waals surface area contributed by atoms with E-state index in [4.69, 9.17) is 4.74 Å². The third kappa shape index (κ3) is 1.91. The van der Waals surface area contributed by atoms with Gasteiger partial charge in [0.05, 0.1) is 7.11 Å². The number of alkyl halides is 1. The lowest BCUT2D eigenvalue weighted by atomic mass is 10.2. The van der Waals surface area contributed by atoms with Gasteiger partial charge < -0.3 is 4.74 Å². The monoisotopic (exact) mass is 323 g/mol. The quantitative estimate of drug-likeness (QED) is 0.694. The summed E-state index contributed by atoms with van der Waals surface area (Å²) in [7, 11) is 1.66. The largest absolute Gasteiger partial charge is 0.497 e. The van der Waals surface area contributed by atoms with Crippen LogP contribution in [-0.4, -0.2) is 21.7 Å². The molecule has 0 aliphatic rings. The van der Waals surface area contributed by atoms with Crippen LogP contribution in [0.3, 0.4) is 0 Å². The number of ether oxygens (including phenoxy) is 1. The normalized spacial score (nSPS) is 11.0. The summed E-state index contributed by atoms with van der Waals surface area (Å²) >= 11 is 5.09. The lowest BCUT2D eigenvalue weighted by Gasteiger charge is -2.01. The van der Waals surface area contributed by atoms with E-state index in [1.54, 1.807) is 18.4 Å². The zero-order valence-corrected chi connectivity index (χ0v) is 12.0. The van der Waals surface area contributed by atoms with Crippen molar-refractivity contribution in [3.8, 4) is 17.1 Å². The zero-order valence-electron chi connectivity index (χ0n) is 9.63. The van der Waals surface area contributed by atoms with E-state index >= 15 is 0 Å². The van der Waals surface area contributed by atoms with E-state index in [1.807, 2.05) is 28.7 Å². The van der Waals surface area contributed by atoms with Crippen LogP contribution in [0.4, 0.5) is 0 Å². The smallest absolute Gasteiger partial charge is 0.216 e. The molecule has 1 aromatic carbocycles. The first-order valence-electron chi connectivity index (χ1n) is 5.35. The van der Waals surface area contributed by atoms with E-state index in [1.165, 1.54) is 4.88 Å². The summed E-state index contributed by atoms with van der Waals surface area (Å²) in [5, 5.41) is 9.25. The van der Waals surface area contributed by atoms with E-state index in [0.29, 0.717) is 0 Å². The van der Waals surface area contributed by atoms with Gasteiger partial charge in [-0.05, 0) is 24.3 Å². The van der Waals surface area contributed by atoms with Crippen LogP contribution in [-0.2, 0) is 5.33 Å². The van der Waals surface area contributed by atoms with Crippen molar-refractivity contribution in [2.45, 2.75) is 5.33 Å². The molecule has 0 aliphatic heterocycles. The number of methoxy groups -OCH3 is 1. The number of rotatable bonds is 3. The second-order valence-electron chi connectivity index (χ2n) is 3.74. The molecular weight excluding hydrogens is 314 g/mol. The molecule has 0 saturated carbocycles. The average molecular weight is 324 g/mol. The standard InChI is InChI=1S/C12H10BrN3OS/c1-17-9-4-2-8(3-5-9)11-14-15-12-16(11)7-10(6-13)18-12/h2-5,7H,6H2,1H3. The van der Waals surface area contributed by atoms with Gasteiger partial charge in [-0.25, -0.2) is 0 Å². The fraction of sp³-hybridized carbons (Fsp3) is 0.167. The van der Waals surface area contributed by atoms with Gasteiger partial charge in [-0.3, -0.25) is 4.40 Å². The molecule has 4 nitrogen and oxygen atoms in total. The van der Waals surface area contributed by atoms with Gasteiger partial charge in [0.15, 0.2) is 5.82 Å². The molecule has 0 fully saturated rings. The number of fused-ring (bicyclic) bond motifs is 1. The summed E-state index contributed by atoms with van der Waals surface area (Å²) in [5.74, 6) is 1.70. The maximum atomic E-state index is 5.15. The van der Waals surface area contributed by atoms with Crippen molar-refractivity contribution in [2.24, 2.45) is 0 Å². The number of benzene rings is 1. The van der Waals surface area contributed by atoms with Crippen molar-refractivity contribution in [1.29, 1.82) is 0 Å². The van der Waals surface area contributed by atoms with Crippen molar-refractivity contribution >= 4 is 32.2 Å². The maximum absolute atomic E-state index is 5.15. The van der Waals surface area contributed by atoms with Crippen LogP contribution < -0.4 is 4.74 Å². The SMILES string of the molecule is COc1ccc(-c2nnc3sc(CBr)cn23)cc1. The first-order chi connectivity index (χ1) is 8.81. The number of halogens is 1. The molecule has 0 saturated heterocycles. The lowest BCUT2D eigenvalue weighted by Crippen LogP contribution is -1.87. The van der Waals surface area contributed by atoms with Gasteiger partial charge in [-0.1, -0.05) is 27.3 Å². The first-order valence-corrected chi connectivity index (χ1v) is 7.29. The highest BCUT2D eigenvalue weighted by molar-refractivity contribution is 9.08. The Bertz CT molecular complexity index is 674. The van der Waals surface area contributed by atoms with E-state index < -0.39 is 0 Å². The highest BCUT2D eigenvalue weighted by Crippen LogP contribution is 2.26. The van der Waals surface area contributed by atoms with Crippen LogP contribution >= 0.6 is 27.3 Å². The molecule has 0 bridgehead atoms. The third-order valence-electron chi connectivity index (χ3n) is 2.64. The molecule has 0 spiro atoms. The van der Waals surface area contributed by atoms with Crippen LogP contribution in [0.25, 0.3) is 16.3 Å². The topological polar surface area (TPSA) is 39.4 Å². The minimum Gasteiger partial charge on any atom is -0.497 e. The minimum atomic E-state index is 0.836. The average Bonchev–Trinajstić information content (AvgIpc) is 2.98. The fourth-order valence-electron chi connectivity index (χ4n) is 1.75. The second kappa shape index (κ2) is 4.70. The minimum absolute atomic E-state index is 0.836. The highest BCUT2D eigenvalue weighted by Gasteiger charge is 2.11. The Morgan fingerprint density at radius 1 is 1.28 bits per heavy atom. The maximum Gasteiger partial charge on any atom is 0.216 e. The van der Waals surface area contributed by atoms with Crippen molar-refractivity contribution in [3.05, 3.63) is 35.3 Å². The molecule has 0 N–H and O–H groups in total. The Kier molecular flexibility index (Phi) is 3.05. The Labute approximate surface area is 116 Å². The van der Waals surface area contributed by atoms with Crippen molar-refractivity contribution in [3.63, 3.8) is 0 Å². The second-order valence-corrected chi connectivity index (χ2v) is 5.39. The molecule has 18 heavy (non-hydrogen) atoms. The Morgan fingerprint density at radius 2 is 2.06 bits per heavy atom. The lowest BCUT2D eigenvalue weighted by molar-refractivity contribution is 0.415. The Hall–Kier alpha value is -1.40. The molecule has 0 unspecified atom stereocenters. The van der Waals surface area contributed by atoms with Crippen LogP contribution in [0, 0.1) is 0 Å². The Morgan fingerprint density at radius 3 is 2.72 bits per heavy atom. The van der Waals surface area contributed by atoms with E-state index in [-0.39, 0.29) is 0 Å². The number of nitrogens with zero attached hydrogens (tertiary/aromatic N) is 3. The molecule has 0 radical (unpaired) electrons. The van der Waals surface area contributed by atoms with Gasteiger partial charge in [0, 0.05) is 22.0 Å². The zero-order chi connectivity index (χ0) is 12.5. The summed E-state index contributed by atoms with van der Waals surface area (Å²) in [4.78, 5) is 2.14. The summed E-state index contributed by atoms with van der Waals surface area (Å²) < 4.78 is 7.17. The predicted molar refractivity (Wildman–Crippen MR) is 75.5 cm³/mol. The van der Waals surface area contributed by atoms with Gasteiger partial charge in [-0.2, -0.15) is 0 Å². The van der Waals surface area contributed by atoms with Crippen molar-refractivity contribution < 1.29 is 4.74 Å². The fourth-order valence-corrected chi connectivity index (χ4v) is 3.00.